The first-order valence-electron chi connectivity index (χ1n) is 8.67. The SMILES string of the molecule is COCCN(CC1(CNCC(C)C)CCCOC1)C1CC1. The van der Waals surface area contributed by atoms with Gasteiger partial charge in [-0.25, -0.2) is 0 Å². The molecular formula is C17H34N2O2. The Kier molecular flexibility index (Phi) is 6.93. The van der Waals surface area contributed by atoms with E-state index in [0.29, 0.717) is 11.3 Å². The largest absolute Gasteiger partial charge is 0.383 e. The Labute approximate surface area is 130 Å². The minimum atomic E-state index is 0.295. The molecule has 1 aliphatic heterocycles. The van der Waals surface area contributed by atoms with Gasteiger partial charge in [0.1, 0.15) is 0 Å². The van der Waals surface area contributed by atoms with E-state index in [1.54, 1.807) is 7.11 Å². The predicted octanol–water partition coefficient (Wildman–Crippen LogP) is 2.14. The molecule has 1 aliphatic carbocycles. The van der Waals surface area contributed by atoms with Gasteiger partial charge in [-0.2, -0.15) is 0 Å². The van der Waals surface area contributed by atoms with E-state index in [0.717, 1.165) is 52.0 Å². The second-order valence-corrected chi connectivity index (χ2v) is 7.38. The molecule has 2 rings (SSSR count). The fourth-order valence-corrected chi connectivity index (χ4v) is 3.33. The highest BCUT2D eigenvalue weighted by Crippen LogP contribution is 2.34. The summed E-state index contributed by atoms with van der Waals surface area (Å²) >= 11 is 0. The van der Waals surface area contributed by atoms with Crippen LogP contribution in [0.25, 0.3) is 0 Å². The molecule has 0 bridgehead atoms. The van der Waals surface area contributed by atoms with Gasteiger partial charge in [-0.05, 0) is 38.1 Å². The molecule has 1 atom stereocenters. The predicted molar refractivity (Wildman–Crippen MR) is 86.7 cm³/mol. The van der Waals surface area contributed by atoms with Crippen LogP contribution >= 0.6 is 0 Å². The first kappa shape index (κ1) is 17.2. The lowest BCUT2D eigenvalue weighted by molar-refractivity contribution is -0.0305. The summed E-state index contributed by atoms with van der Waals surface area (Å²) in [5.74, 6) is 0.708. The third kappa shape index (κ3) is 5.85. The zero-order chi connectivity index (χ0) is 15.1. The maximum absolute atomic E-state index is 5.85. The first-order chi connectivity index (χ1) is 10.2. The molecule has 0 aromatic heterocycles. The number of hydrogen-bond donors (Lipinski definition) is 1. The highest BCUT2D eigenvalue weighted by Gasteiger charge is 2.38. The summed E-state index contributed by atoms with van der Waals surface area (Å²) in [4.78, 5) is 2.65. The highest BCUT2D eigenvalue weighted by molar-refractivity contribution is 4.92. The summed E-state index contributed by atoms with van der Waals surface area (Å²) in [6.45, 7) is 11.6. The molecule has 1 saturated heterocycles. The summed E-state index contributed by atoms with van der Waals surface area (Å²) in [6, 6.07) is 0.795. The molecular weight excluding hydrogens is 264 g/mol. The van der Waals surface area contributed by atoms with Crippen LogP contribution in [0.1, 0.15) is 39.5 Å². The Hall–Kier alpha value is -0.160. The molecule has 4 nitrogen and oxygen atoms in total. The van der Waals surface area contributed by atoms with Gasteiger partial charge in [0.2, 0.25) is 0 Å². The Morgan fingerprint density at radius 3 is 2.76 bits per heavy atom. The van der Waals surface area contributed by atoms with E-state index in [2.05, 4.69) is 24.1 Å². The van der Waals surface area contributed by atoms with Crippen molar-refractivity contribution in [1.29, 1.82) is 0 Å². The monoisotopic (exact) mass is 298 g/mol. The Morgan fingerprint density at radius 2 is 2.19 bits per heavy atom. The molecule has 0 aromatic carbocycles. The van der Waals surface area contributed by atoms with Crippen molar-refractivity contribution in [2.45, 2.75) is 45.6 Å². The zero-order valence-corrected chi connectivity index (χ0v) is 14.2. The summed E-state index contributed by atoms with van der Waals surface area (Å²) < 4.78 is 11.1. The van der Waals surface area contributed by atoms with Crippen LogP contribution < -0.4 is 5.32 Å². The fraction of sp³-hybridized carbons (Fsp3) is 1.00. The molecule has 1 heterocycles. The molecule has 0 radical (unpaired) electrons. The van der Waals surface area contributed by atoms with Gasteiger partial charge in [-0.3, -0.25) is 4.90 Å². The molecule has 0 spiro atoms. The number of ether oxygens (including phenoxy) is 2. The normalized spacial score (nSPS) is 26.7. The molecule has 0 aromatic rings. The Morgan fingerprint density at radius 1 is 1.38 bits per heavy atom. The molecule has 0 amide bonds. The van der Waals surface area contributed by atoms with Crippen molar-refractivity contribution in [3.8, 4) is 0 Å². The lowest BCUT2D eigenvalue weighted by Crippen LogP contribution is -2.50. The van der Waals surface area contributed by atoms with Gasteiger partial charge in [0.15, 0.2) is 0 Å². The minimum Gasteiger partial charge on any atom is -0.383 e. The van der Waals surface area contributed by atoms with Crippen molar-refractivity contribution in [1.82, 2.24) is 10.2 Å². The molecule has 1 unspecified atom stereocenters. The molecule has 1 saturated carbocycles. The van der Waals surface area contributed by atoms with Crippen LogP contribution in [-0.2, 0) is 9.47 Å². The summed E-state index contributed by atoms with van der Waals surface area (Å²) in [5.41, 5.74) is 0.295. The molecule has 4 heteroatoms. The van der Waals surface area contributed by atoms with Crippen LogP contribution in [0, 0.1) is 11.3 Å². The van der Waals surface area contributed by atoms with Crippen LogP contribution in [0.2, 0.25) is 0 Å². The lowest BCUT2D eigenvalue weighted by atomic mass is 9.81. The number of nitrogens with zero attached hydrogens (tertiary/aromatic N) is 1. The summed E-state index contributed by atoms with van der Waals surface area (Å²) in [5, 5.41) is 3.68. The summed E-state index contributed by atoms with van der Waals surface area (Å²) in [7, 11) is 1.80. The minimum absolute atomic E-state index is 0.295. The van der Waals surface area contributed by atoms with Crippen molar-refractivity contribution in [3.63, 3.8) is 0 Å². The third-order valence-electron chi connectivity index (χ3n) is 4.64. The van der Waals surface area contributed by atoms with E-state index < -0.39 is 0 Å². The molecule has 124 valence electrons. The number of nitrogens with one attached hydrogen (secondary N) is 1. The maximum atomic E-state index is 5.85. The molecule has 2 aliphatic rings. The maximum Gasteiger partial charge on any atom is 0.0589 e. The van der Waals surface area contributed by atoms with Crippen LogP contribution in [-0.4, -0.2) is 64.1 Å². The van der Waals surface area contributed by atoms with Crippen LogP contribution in [0.4, 0.5) is 0 Å². The standard InChI is InChI=1S/C17H34N2O2/c1-15(2)11-18-12-17(7-4-9-21-14-17)13-19(8-10-20-3)16-5-6-16/h15-16,18H,4-14H2,1-3H3. The Balaban J connectivity index is 1.89. The van der Waals surface area contributed by atoms with Crippen LogP contribution in [0.5, 0.6) is 0 Å². The van der Waals surface area contributed by atoms with Crippen LogP contribution in [0.15, 0.2) is 0 Å². The third-order valence-corrected chi connectivity index (χ3v) is 4.64. The van der Waals surface area contributed by atoms with E-state index in [-0.39, 0.29) is 0 Å². The number of hydrogen-bond acceptors (Lipinski definition) is 4. The number of rotatable bonds is 10. The van der Waals surface area contributed by atoms with E-state index in [1.165, 1.54) is 25.7 Å². The van der Waals surface area contributed by atoms with Crippen LogP contribution in [0.3, 0.4) is 0 Å². The van der Waals surface area contributed by atoms with E-state index >= 15 is 0 Å². The quantitative estimate of drug-likeness (QED) is 0.670. The molecule has 2 fully saturated rings. The van der Waals surface area contributed by atoms with Gasteiger partial charge in [0, 0.05) is 44.8 Å². The van der Waals surface area contributed by atoms with Gasteiger partial charge in [0.05, 0.1) is 13.2 Å². The molecule has 21 heavy (non-hydrogen) atoms. The average Bonchev–Trinajstić information content (AvgIpc) is 3.29. The highest BCUT2D eigenvalue weighted by atomic mass is 16.5. The topological polar surface area (TPSA) is 33.7 Å². The van der Waals surface area contributed by atoms with Gasteiger partial charge in [-0.1, -0.05) is 13.8 Å². The van der Waals surface area contributed by atoms with Crippen molar-refractivity contribution in [2.75, 3.05) is 53.1 Å². The van der Waals surface area contributed by atoms with Gasteiger partial charge in [-0.15, -0.1) is 0 Å². The van der Waals surface area contributed by atoms with Crippen molar-refractivity contribution < 1.29 is 9.47 Å². The number of methoxy groups -OCH3 is 1. The smallest absolute Gasteiger partial charge is 0.0589 e. The lowest BCUT2D eigenvalue weighted by Gasteiger charge is -2.41. The van der Waals surface area contributed by atoms with Crippen molar-refractivity contribution >= 4 is 0 Å². The van der Waals surface area contributed by atoms with E-state index in [9.17, 15) is 0 Å². The van der Waals surface area contributed by atoms with Crippen molar-refractivity contribution in [3.05, 3.63) is 0 Å². The second-order valence-electron chi connectivity index (χ2n) is 7.38. The molecule has 1 N–H and O–H groups in total. The summed E-state index contributed by atoms with van der Waals surface area (Å²) in [6.07, 6.45) is 5.21. The average molecular weight is 298 g/mol. The van der Waals surface area contributed by atoms with Gasteiger partial charge >= 0.3 is 0 Å². The van der Waals surface area contributed by atoms with Gasteiger partial charge in [0.25, 0.3) is 0 Å². The first-order valence-corrected chi connectivity index (χ1v) is 8.67. The van der Waals surface area contributed by atoms with E-state index in [4.69, 9.17) is 9.47 Å². The Bertz CT molecular complexity index is 287. The second kappa shape index (κ2) is 8.47. The fourth-order valence-electron chi connectivity index (χ4n) is 3.33. The van der Waals surface area contributed by atoms with E-state index in [1.807, 2.05) is 0 Å². The zero-order valence-electron chi connectivity index (χ0n) is 14.2. The van der Waals surface area contributed by atoms with Crippen molar-refractivity contribution in [2.24, 2.45) is 11.3 Å². The van der Waals surface area contributed by atoms with Gasteiger partial charge < -0.3 is 14.8 Å².